The van der Waals surface area contributed by atoms with Crippen molar-refractivity contribution in [3.05, 3.63) is 25.3 Å². The van der Waals surface area contributed by atoms with Crippen molar-refractivity contribution in [1.29, 1.82) is 0 Å². The first-order valence-corrected chi connectivity index (χ1v) is 5.25. The molecule has 0 spiro atoms. The number of ether oxygens (including phenoxy) is 1. The van der Waals surface area contributed by atoms with Crippen LogP contribution < -0.4 is 0 Å². The summed E-state index contributed by atoms with van der Waals surface area (Å²) in [6.07, 6.45) is 9.97. The van der Waals surface area contributed by atoms with Gasteiger partial charge in [-0.3, -0.25) is 0 Å². The van der Waals surface area contributed by atoms with Gasteiger partial charge in [0.25, 0.3) is 0 Å². The monoisotopic (exact) mass is 178 g/mol. The highest BCUT2D eigenvalue weighted by atomic mass is 16.5. The third-order valence-corrected chi connectivity index (χ3v) is 3.48. The van der Waals surface area contributed by atoms with Gasteiger partial charge in [0, 0.05) is 11.8 Å². The zero-order valence-electron chi connectivity index (χ0n) is 8.11. The number of rotatable bonds is 4. The molecule has 1 heteroatoms. The Morgan fingerprint density at radius 3 is 1.54 bits per heavy atom. The van der Waals surface area contributed by atoms with E-state index in [4.69, 9.17) is 4.74 Å². The molecule has 0 aliphatic heterocycles. The molecule has 2 aliphatic rings. The van der Waals surface area contributed by atoms with Gasteiger partial charge < -0.3 is 4.74 Å². The third kappa shape index (κ3) is 1.58. The molecule has 0 aromatic carbocycles. The van der Waals surface area contributed by atoms with E-state index in [9.17, 15) is 0 Å². The standard InChI is InChI=1S/C12H18O/c1-3-9-5-7-11(9)13-12-8-6-10(12)4-2/h3-4,9-12H,1-2,5-8H2/t9-,10+,11+,12-. The van der Waals surface area contributed by atoms with Crippen LogP contribution in [0.2, 0.25) is 0 Å². The summed E-state index contributed by atoms with van der Waals surface area (Å²) in [5.41, 5.74) is 0. The average Bonchev–Trinajstić information content (AvgIpc) is 2.02. The van der Waals surface area contributed by atoms with E-state index in [1.807, 2.05) is 12.2 Å². The minimum atomic E-state index is 0.463. The Balaban J connectivity index is 1.78. The van der Waals surface area contributed by atoms with E-state index >= 15 is 0 Å². The molecular weight excluding hydrogens is 160 g/mol. The lowest BCUT2D eigenvalue weighted by atomic mass is 9.78. The summed E-state index contributed by atoms with van der Waals surface area (Å²) >= 11 is 0. The largest absolute Gasteiger partial charge is 0.374 e. The molecule has 2 aliphatic carbocycles. The molecule has 1 nitrogen and oxygen atoms in total. The van der Waals surface area contributed by atoms with Crippen LogP contribution in [0.15, 0.2) is 25.3 Å². The summed E-state index contributed by atoms with van der Waals surface area (Å²) < 4.78 is 5.99. The SMILES string of the molecule is C=C[C@@H]1CC[C@@H]1O[C@@H]1CC[C@@H]1C=C. The quantitative estimate of drug-likeness (QED) is 0.601. The van der Waals surface area contributed by atoms with Crippen molar-refractivity contribution < 1.29 is 4.74 Å². The van der Waals surface area contributed by atoms with Crippen molar-refractivity contribution in [3.63, 3.8) is 0 Å². The van der Waals surface area contributed by atoms with Gasteiger partial charge >= 0.3 is 0 Å². The van der Waals surface area contributed by atoms with E-state index in [0.717, 1.165) is 0 Å². The molecule has 0 saturated heterocycles. The average molecular weight is 178 g/mol. The van der Waals surface area contributed by atoms with Gasteiger partial charge in [-0.15, -0.1) is 13.2 Å². The van der Waals surface area contributed by atoms with E-state index in [0.29, 0.717) is 24.0 Å². The Morgan fingerprint density at radius 2 is 1.31 bits per heavy atom. The van der Waals surface area contributed by atoms with Gasteiger partial charge in [-0.2, -0.15) is 0 Å². The molecule has 0 radical (unpaired) electrons. The lowest BCUT2D eigenvalue weighted by molar-refractivity contribution is -0.121. The second kappa shape index (κ2) is 3.67. The fraction of sp³-hybridized carbons (Fsp3) is 0.667. The third-order valence-electron chi connectivity index (χ3n) is 3.48. The first-order valence-electron chi connectivity index (χ1n) is 5.25. The summed E-state index contributed by atoms with van der Waals surface area (Å²) in [5.74, 6) is 1.23. The van der Waals surface area contributed by atoms with Gasteiger partial charge in [-0.1, -0.05) is 12.2 Å². The lowest BCUT2D eigenvalue weighted by Gasteiger charge is -2.43. The molecule has 0 aromatic heterocycles. The van der Waals surface area contributed by atoms with E-state index < -0.39 is 0 Å². The Bertz CT molecular complexity index is 187. The van der Waals surface area contributed by atoms with Crippen LogP contribution in [0.4, 0.5) is 0 Å². The van der Waals surface area contributed by atoms with Crippen LogP contribution in [-0.2, 0) is 4.74 Å². The summed E-state index contributed by atoms with van der Waals surface area (Å²) in [6.45, 7) is 7.65. The maximum atomic E-state index is 5.99. The lowest BCUT2D eigenvalue weighted by Crippen LogP contribution is -2.42. The molecule has 0 unspecified atom stereocenters. The van der Waals surface area contributed by atoms with Crippen LogP contribution in [0.3, 0.4) is 0 Å². The van der Waals surface area contributed by atoms with Crippen LogP contribution >= 0.6 is 0 Å². The van der Waals surface area contributed by atoms with E-state index in [-0.39, 0.29) is 0 Å². The fourth-order valence-corrected chi connectivity index (χ4v) is 2.09. The molecule has 2 rings (SSSR count). The van der Waals surface area contributed by atoms with Crippen LogP contribution in [0, 0.1) is 11.8 Å². The highest BCUT2D eigenvalue weighted by molar-refractivity contribution is 4.98. The zero-order valence-corrected chi connectivity index (χ0v) is 8.11. The van der Waals surface area contributed by atoms with Gasteiger partial charge in [-0.25, -0.2) is 0 Å². The molecule has 4 atom stereocenters. The molecule has 13 heavy (non-hydrogen) atoms. The second-order valence-corrected chi connectivity index (χ2v) is 4.17. The fourth-order valence-electron chi connectivity index (χ4n) is 2.09. The molecular formula is C12H18O. The maximum Gasteiger partial charge on any atom is 0.0641 e. The van der Waals surface area contributed by atoms with Crippen molar-refractivity contribution in [2.75, 3.05) is 0 Å². The maximum absolute atomic E-state index is 5.99. The Labute approximate surface area is 80.5 Å². The summed E-state index contributed by atoms with van der Waals surface area (Å²) in [7, 11) is 0. The van der Waals surface area contributed by atoms with Crippen LogP contribution in [0.5, 0.6) is 0 Å². The molecule has 72 valence electrons. The minimum Gasteiger partial charge on any atom is -0.374 e. The van der Waals surface area contributed by atoms with Gasteiger partial charge in [0.15, 0.2) is 0 Å². The van der Waals surface area contributed by atoms with Gasteiger partial charge in [0.2, 0.25) is 0 Å². The van der Waals surface area contributed by atoms with E-state index in [1.165, 1.54) is 25.7 Å². The first-order chi connectivity index (χ1) is 6.35. The normalized spacial score (nSPS) is 43.1. The van der Waals surface area contributed by atoms with Crippen LogP contribution in [0.1, 0.15) is 25.7 Å². The van der Waals surface area contributed by atoms with Crippen molar-refractivity contribution >= 4 is 0 Å². The Morgan fingerprint density at radius 1 is 0.846 bits per heavy atom. The summed E-state index contributed by atoms with van der Waals surface area (Å²) in [6, 6.07) is 0. The molecule has 0 aromatic rings. The highest BCUT2D eigenvalue weighted by Gasteiger charge is 2.36. The van der Waals surface area contributed by atoms with Crippen molar-refractivity contribution in [3.8, 4) is 0 Å². The van der Waals surface area contributed by atoms with Crippen molar-refractivity contribution in [1.82, 2.24) is 0 Å². The van der Waals surface area contributed by atoms with Crippen molar-refractivity contribution in [2.24, 2.45) is 11.8 Å². The summed E-state index contributed by atoms with van der Waals surface area (Å²) in [4.78, 5) is 0. The van der Waals surface area contributed by atoms with Gasteiger partial charge in [0.05, 0.1) is 12.2 Å². The first kappa shape index (κ1) is 9.01. The number of hydrogen-bond acceptors (Lipinski definition) is 1. The topological polar surface area (TPSA) is 9.23 Å². The molecule has 0 bridgehead atoms. The van der Waals surface area contributed by atoms with Gasteiger partial charge in [-0.05, 0) is 25.7 Å². The van der Waals surface area contributed by atoms with E-state index in [1.54, 1.807) is 0 Å². The van der Waals surface area contributed by atoms with Crippen molar-refractivity contribution in [2.45, 2.75) is 37.9 Å². The minimum absolute atomic E-state index is 0.463. The zero-order chi connectivity index (χ0) is 9.26. The van der Waals surface area contributed by atoms with Gasteiger partial charge in [0.1, 0.15) is 0 Å². The Hall–Kier alpha value is -0.560. The number of hydrogen-bond donors (Lipinski definition) is 0. The summed E-state index contributed by atoms with van der Waals surface area (Å²) in [5, 5.41) is 0. The van der Waals surface area contributed by atoms with Crippen LogP contribution in [-0.4, -0.2) is 12.2 Å². The smallest absolute Gasteiger partial charge is 0.0641 e. The second-order valence-electron chi connectivity index (χ2n) is 4.17. The molecule has 2 saturated carbocycles. The molecule has 2 fully saturated rings. The molecule has 0 heterocycles. The molecule has 0 N–H and O–H groups in total. The molecule has 0 amide bonds. The van der Waals surface area contributed by atoms with E-state index in [2.05, 4.69) is 13.2 Å². The predicted molar refractivity (Wildman–Crippen MR) is 54.5 cm³/mol. The predicted octanol–water partition coefficient (Wildman–Crippen LogP) is 2.93. The Kier molecular flexibility index (Phi) is 2.54. The van der Waals surface area contributed by atoms with Crippen LogP contribution in [0.25, 0.3) is 0 Å². The highest BCUT2D eigenvalue weighted by Crippen LogP contribution is 2.38.